The van der Waals surface area contributed by atoms with Gasteiger partial charge in [-0.25, -0.2) is 9.97 Å². The molecule has 0 aliphatic carbocycles. The SMILES string of the molecule is CC(=O)c1ccc(Oc2ncnc3sccc23)c(Cl)c1. The van der Waals surface area contributed by atoms with Gasteiger partial charge in [0.25, 0.3) is 0 Å². The van der Waals surface area contributed by atoms with Crippen LogP contribution in [0.5, 0.6) is 11.6 Å². The van der Waals surface area contributed by atoms with Crippen molar-refractivity contribution in [3.63, 3.8) is 0 Å². The van der Waals surface area contributed by atoms with Gasteiger partial charge < -0.3 is 4.74 Å². The fraction of sp³-hybridized carbons (Fsp3) is 0.0714. The number of carbonyl (C=O) groups excluding carboxylic acids is 1. The normalized spacial score (nSPS) is 10.7. The van der Waals surface area contributed by atoms with Crippen molar-refractivity contribution in [2.24, 2.45) is 0 Å². The van der Waals surface area contributed by atoms with Crippen LogP contribution >= 0.6 is 22.9 Å². The largest absolute Gasteiger partial charge is 0.437 e. The van der Waals surface area contributed by atoms with Gasteiger partial charge in [-0.15, -0.1) is 11.3 Å². The van der Waals surface area contributed by atoms with Crippen LogP contribution in [0.2, 0.25) is 5.02 Å². The molecule has 0 spiro atoms. The summed E-state index contributed by atoms with van der Waals surface area (Å²) in [5, 5.41) is 3.14. The van der Waals surface area contributed by atoms with E-state index in [0.717, 1.165) is 10.2 Å². The maximum atomic E-state index is 11.3. The van der Waals surface area contributed by atoms with Crippen molar-refractivity contribution >= 4 is 38.9 Å². The van der Waals surface area contributed by atoms with Gasteiger partial charge in [-0.2, -0.15) is 0 Å². The molecule has 0 unspecified atom stereocenters. The number of Topliss-reactive ketones (excluding diaryl/α,β-unsaturated/α-hetero) is 1. The summed E-state index contributed by atoms with van der Waals surface area (Å²) in [6.07, 6.45) is 1.45. The van der Waals surface area contributed by atoms with Gasteiger partial charge in [0.2, 0.25) is 5.88 Å². The minimum absolute atomic E-state index is 0.0410. The van der Waals surface area contributed by atoms with E-state index in [-0.39, 0.29) is 5.78 Å². The molecule has 0 bridgehead atoms. The number of ether oxygens (including phenoxy) is 1. The minimum atomic E-state index is -0.0410. The van der Waals surface area contributed by atoms with Gasteiger partial charge in [-0.1, -0.05) is 11.6 Å². The second kappa shape index (κ2) is 5.19. The zero-order chi connectivity index (χ0) is 14.1. The van der Waals surface area contributed by atoms with Crippen LogP contribution < -0.4 is 4.74 Å². The molecule has 0 saturated carbocycles. The first-order valence-corrected chi connectivity index (χ1v) is 7.07. The molecule has 0 amide bonds. The van der Waals surface area contributed by atoms with Crippen LogP contribution in [0.25, 0.3) is 10.2 Å². The Morgan fingerprint density at radius 2 is 2.15 bits per heavy atom. The van der Waals surface area contributed by atoms with Gasteiger partial charge in [0.1, 0.15) is 16.9 Å². The van der Waals surface area contributed by atoms with Gasteiger partial charge in [0.15, 0.2) is 5.78 Å². The van der Waals surface area contributed by atoms with E-state index in [4.69, 9.17) is 16.3 Å². The van der Waals surface area contributed by atoms with E-state index in [9.17, 15) is 4.79 Å². The fourth-order valence-electron chi connectivity index (χ4n) is 1.76. The Hall–Kier alpha value is -1.98. The van der Waals surface area contributed by atoms with Crippen LogP contribution in [-0.4, -0.2) is 15.8 Å². The predicted octanol–water partition coefficient (Wildman–Crippen LogP) is 4.34. The molecule has 3 rings (SSSR count). The predicted molar refractivity (Wildman–Crippen MR) is 78.9 cm³/mol. The molecule has 6 heteroatoms. The summed E-state index contributed by atoms with van der Waals surface area (Å²) in [6.45, 7) is 1.49. The molecular weight excluding hydrogens is 296 g/mol. The van der Waals surface area contributed by atoms with Crippen molar-refractivity contribution in [2.45, 2.75) is 6.92 Å². The molecule has 0 radical (unpaired) electrons. The molecule has 0 fully saturated rings. The second-order valence-electron chi connectivity index (χ2n) is 4.12. The topological polar surface area (TPSA) is 52.1 Å². The number of hydrogen-bond donors (Lipinski definition) is 0. The number of carbonyl (C=O) groups is 1. The smallest absolute Gasteiger partial charge is 0.231 e. The quantitative estimate of drug-likeness (QED) is 0.675. The summed E-state index contributed by atoms with van der Waals surface area (Å²) in [4.78, 5) is 20.4. The Balaban J connectivity index is 1.99. The van der Waals surface area contributed by atoms with Crippen molar-refractivity contribution < 1.29 is 9.53 Å². The van der Waals surface area contributed by atoms with Crippen LogP contribution in [0.15, 0.2) is 36.0 Å². The number of ketones is 1. The Kier molecular flexibility index (Phi) is 3.38. The Morgan fingerprint density at radius 3 is 2.90 bits per heavy atom. The number of rotatable bonds is 3. The summed E-state index contributed by atoms with van der Waals surface area (Å²) in [6, 6.07) is 6.83. The maximum Gasteiger partial charge on any atom is 0.231 e. The van der Waals surface area contributed by atoms with E-state index in [0.29, 0.717) is 22.2 Å². The molecular formula is C14H9ClN2O2S. The average Bonchev–Trinajstić information content (AvgIpc) is 2.90. The number of nitrogens with zero attached hydrogens (tertiary/aromatic N) is 2. The van der Waals surface area contributed by atoms with E-state index >= 15 is 0 Å². The van der Waals surface area contributed by atoms with Crippen molar-refractivity contribution in [1.82, 2.24) is 9.97 Å². The number of halogens is 1. The van der Waals surface area contributed by atoms with E-state index in [1.165, 1.54) is 24.6 Å². The molecule has 20 heavy (non-hydrogen) atoms. The van der Waals surface area contributed by atoms with Crippen LogP contribution in [0, 0.1) is 0 Å². The average molecular weight is 305 g/mol. The van der Waals surface area contributed by atoms with Crippen LogP contribution in [0.1, 0.15) is 17.3 Å². The number of hydrogen-bond acceptors (Lipinski definition) is 5. The van der Waals surface area contributed by atoms with Crippen molar-refractivity contribution in [3.05, 3.63) is 46.6 Å². The molecule has 0 aliphatic heterocycles. The van der Waals surface area contributed by atoms with Gasteiger partial charge in [0, 0.05) is 5.56 Å². The lowest BCUT2D eigenvalue weighted by Crippen LogP contribution is -1.94. The summed E-state index contributed by atoms with van der Waals surface area (Å²) in [5.41, 5.74) is 0.547. The third kappa shape index (κ3) is 2.37. The zero-order valence-corrected chi connectivity index (χ0v) is 12.0. The fourth-order valence-corrected chi connectivity index (χ4v) is 2.70. The number of aromatic nitrogens is 2. The molecule has 0 aliphatic rings. The monoisotopic (exact) mass is 304 g/mol. The van der Waals surface area contributed by atoms with Gasteiger partial charge in [-0.3, -0.25) is 4.79 Å². The van der Waals surface area contributed by atoms with Crippen molar-refractivity contribution in [3.8, 4) is 11.6 Å². The second-order valence-corrected chi connectivity index (χ2v) is 5.42. The lowest BCUT2D eigenvalue weighted by Gasteiger charge is -2.08. The Labute approximate surface area is 124 Å². The van der Waals surface area contributed by atoms with E-state index in [2.05, 4.69) is 9.97 Å². The summed E-state index contributed by atoms with van der Waals surface area (Å²) in [5.74, 6) is 0.873. The lowest BCUT2D eigenvalue weighted by molar-refractivity contribution is 0.101. The first kappa shape index (κ1) is 13.0. The molecule has 2 heterocycles. The molecule has 0 N–H and O–H groups in total. The first-order valence-electron chi connectivity index (χ1n) is 5.81. The summed E-state index contributed by atoms with van der Waals surface area (Å²) < 4.78 is 5.73. The van der Waals surface area contributed by atoms with Crippen LogP contribution in [0.3, 0.4) is 0 Å². The van der Waals surface area contributed by atoms with E-state index in [1.807, 2.05) is 11.4 Å². The number of fused-ring (bicyclic) bond motifs is 1. The molecule has 100 valence electrons. The Bertz CT molecular complexity index is 801. The van der Waals surface area contributed by atoms with Crippen LogP contribution in [0.4, 0.5) is 0 Å². The first-order chi connectivity index (χ1) is 9.65. The third-order valence-corrected chi connectivity index (χ3v) is 3.89. The highest BCUT2D eigenvalue weighted by atomic mass is 35.5. The standard InChI is InChI=1S/C14H9ClN2O2S/c1-8(18)9-2-3-12(11(15)6-9)19-13-10-4-5-20-14(10)17-7-16-13/h2-7H,1H3. The Morgan fingerprint density at radius 1 is 1.30 bits per heavy atom. The highest BCUT2D eigenvalue weighted by molar-refractivity contribution is 7.16. The van der Waals surface area contributed by atoms with Gasteiger partial charge in [0.05, 0.1) is 10.4 Å². The van der Waals surface area contributed by atoms with Gasteiger partial charge in [-0.05, 0) is 36.6 Å². The third-order valence-electron chi connectivity index (χ3n) is 2.77. The molecule has 1 aromatic carbocycles. The summed E-state index contributed by atoms with van der Waals surface area (Å²) >= 11 is 7.64. The lowest BCUT2D eigenvalue weighted by atomic mass is 10.1. The maximum absolute atomic E-state index is 11.3. The van der Waals surface area contributed by atoms with Crippen molar-refractivity contribution in [1.29, 1.82) is 0 Å². The van der Waals surface area contributed by atoms with Crippen molar-refractivity contribution in [2.75, 3.05) is 0 Å². The van der Waals surface area contributed by atoms with E-state index < -0.39 is 0 Å². The van der Waals surface area contributed by atoms with E-state index in [1.54, 1.807) is 18.2 Å². The summed E-state index contributed by atoms with van der Waals surface area (Å²) in [7, 11) is 0. The molecule has 4 nitrogen and oxygen atoms in total. The van der Waals surface area contributed by atoms with Gasteiger partial charge >= 0.3 is 0 Å². The number of thiophene rings is 1. The molecule has 0 saturated heterocycles. The number of benzene rings is 1. The van der Waals surface area contributed by atoms with Crippen LogP contribution in [-0.2, 0) is 0 Å². The zero-order valence-electron chi connectivity index (χ0n) is 10.5. The highest BCUT2D eigenvalue weighted by Gasteiger charge is 2.11. The highest BCUT2D eigenvalue weighted by Crippen LogP contribution is 2.33. The molecule has 3 aromatic rings. The molecule has 0 atom stereocenters. The minimum Gasteiger partial charge on any atom is -0.437 e. The molecule has 2 aromatic heterocycles.